The molecule has 2 aliphatic rings. The van der Waals surface area contributed by atoms with E-state index in [-0.39, 0.29) is 5.91 Å². The van der Waals surface area contributed by atoms with Crippen LogP contribution in [0.1, 0.15) is 114 Å². The highest BCUT2D eigenvalue weighted by Crippen LogP contribution is 2.29. The van der Waals surface area contributed by atoms with Crippen LogP contribution in [0.5, 0.6) is 0 Å². The number of benzene rings is 1. The van der Waals surface area contributed by atoms with Crippen molar-refractivity contribution in [1.82, 2.24) is 4.90 Å². The summed E-state index contributed by atoms with van der Waals surface area (Å²) in [5.74, 6) is 2.06. The first-order valence-electron chi connectivity index (χ1n) is 12.7. The Hall–Kier alpha value is -1.64. The van der Waals surface area contributed by atoms with E-state index >= 15 is 0 Å². The molecule has 176 valence electrons. The molecule has 0 heterocycles. The molecule has 1 aromatic carbocycles. The molecule has 2 fully saturated rings. The SMILES string of the molecule is CC.CC(=O)CCC1CCCC1.Cc1ccc(C(=O)N(C)C(C)C2CCCCC2)cc1. The van der Waals surface area contributed by atoms with Gasteiger partial charge in [-0.15, -0.1) is 0 Å². The van der Waals surface area contributed by atoms with Crippen LogP contribution in [0.2, 0.25) is 0 Å². The van der Waals surface area contributed by atoms with Gasteiger partial charge in [-0.2, -0.15) is 0 Å². The minimum absolute atomic E-state index is 0.151. The Kier molecular flexibility index (Phi) is 13.4. The number of ketones is 1. The zero-order valence-electron chi connectivity index (χ0n) is 21.1. The molecule has 1 unspecified atom stereocenters. The van der Waals surface area contributed by atoms with Crippen molar-refractivity contribution in [3.63, 3.8) is 0 Å². The van der Waals surface area contributed by atoms with Gasteiger partial charge in [0.1, 0.15) is 5.78 Å². The lowest BCUT2D eigenvalue weighted by Crippen LogP contribution is -2.40. The second kappa shape index (κ2) is 15.2. The average molecular weight is 430 g/mol. The Labute approximate surface area is 192 Å². The van der Waals surface area contributed by atoms with Gasteiger partial charge in [-0.25, -0.2) is 0 Å². The zero-order chi connectivity index (χ0) is 23.2. The van der Waals surface area contributed by atoms with E-state index < -0.39 is 0 Å². The monoisotopic (exact) mass is 429 g/mol. The maximum Gasteiger partial charge on any atom is 0.253 e. The lowest BCUT2D eigenvalue weighted by molar-refractivity contribution is -0.117. The summed E-state index contributed by atoms with van der Waals surface area (Å²) in [5.41, 5.74) is 2.00. The summed E-state index contributed by atoms with van der Waals surface area (Å²) in [6.07, 6.45) is 14.0. The van der Waals surface area contributed by atoms with Gasteiger partial charge in [0, 0.05) is 25.1 Å². The van der Waals surface area contributed by atoms with Crippen molar-refractivity contribution in [2.24, 2.45) is 11.8 Å². The third-order valence-electron chi connectivity index (χ3n) is 6.94. The number of rotatable bonds is 6. The smallest absolute Gasteiger partial charge is 0.253 e. The third kappa shape index (κ3) is 10.0. The maximum atomic E-state index is 12.5. The molecule has 0 spiro atoms. The molecule has 0 aliphatic heterocycles. The molecule has 1 amide bonds. The molecule has 3 heteroatoms. The fraction of sp³-hybridized carbons (Fsp3) is 0.714. The van der Waals surface area contributed by atoms with E-state index in [4.69, 9.17) is 0 Å². The van der Waals surface area contributed by atoms with Crippen molar-refractivity contribution in [1.29, 1.82) is 0 Å². The number of carbonyl (C=O) groups excluding carboxylic acids is 2. The molecular formula is C28H47NO2. The molecule has 1 atom stereocenters. The number of carbonyl (C=O) groups is 2. The standard InChI is InChI=1S/C17H25NO.C9H16O.C2H6/c1-13-9-11-16(12-10-13)17(19)18(3)14(2)15-7-5-4-6-8-15;1-8(10)6-7-9-4-2-3-5-9;1-2/h9-12,14-15H,4-8H2,1-3H3;9H,2-7H2,1H3;1-2H3. The molecule has 2 saturated carbocycles. The second-order valence-corrected chi connectivity index (χ2v) is 9.31. The Balaban J connectivity index is 0.000000337. The van der Waals surface area contributed by atoms with Crippen LogP contribution < -0.4 is 0 Å². The van der Waals surface area contributed by atoms with E-state index in [2.05, 4.69) is 6.92 Å². The summed E-state index contributed by atoms with van der Waals surface area (Å²) in [4.78, 5) is 25.0. The van der Waals surface area contributed by atoms with Crippen LogP contribution in [0, 0.1) is 18.8 Å². The highest BCUT2D eigenvalue weighted by molar-refractivity contribution is 5.94. The van der Waals surface area contributed by atoms with Crippen LogP contribution in [0.4, 0.5) is 0 Å². The van der Waals surface area contributed by atoms with Crippen molar-refractivity contribution in [2.75, 3.05) is 7.05 Å². The van der Waals surface area contributed by atoms with Gasteiger partial charge in [-0.3, -0.25) is 4.79 Å². The molecular weight excluding hydrogens is 382 g/mol. The van der Waals surface area contributed by atoms with Crippen molar-refractivity contribution in [3.05, 3.63) is 35.4 Å². The molecule has 31 heavy (non-hydrogen) atoms. The molecule has 2 aliphatic carbocycles. The van der Waals surface area contributed by atoms with Crippen molar-refractivity contribution >= 4 is 11.7 Å². The predicted octanol–water partition coefficient (Wildman–Crippen LogP) is 7.61. The Bertz CT molecular complexity index is 625. The lowest BCUT2D eigenvalue weighted by atomic mass is 9.84. The highest BCUT2D eigenvalue weighted by atomic mass is 16.2. The van der Waals surface area contributed by atoms with Gasteiger partial charge in [0.15, 0.2) is 0 Å². The quantitative estimate of drug-likeness (QED) is 0.466. The highest BCUT2D eigenvalue weighted by Gasteiger charge is 2.26. The van der Waals surface area contributed by atoms with Crippen LogP contribution >= 0.6 is 0 Å². The average Bonchev–Trinajstić information content (AvgIpc) is 3.33. The minimum Gasteiger partial charge on any atom is -0.339 e. The Morgan fingerprint density at radius 2 is 1.45 bits per heavy atom. The first kappa shape index (κ1) is 27.4. The van der Waals surface area contributed by atoms with Crippen molar-refractivity contribution < 1.29 is 9.59 Å². The van der Waals surface area contributed by atoms with Crippen LogP contribution in [-0.4, -0.2) is 29.7 Å². The normalized spacial score (nSPS) is 17.6. The number of hydrogen-bond acceptors (Lipinski definition) is 2. The topological polar surface area (TPSA) is 37.4 Å². The van der Waals surface area contributed by atoms with E-state index in [1.807, 2.05) is 57.0 Å². The van der Waals surface area contributed by atoms with Gasteiger partial charge in [0.05, 0.1) is 0 Å². The van der Waals surface area contributed by atoms with Crippen LogP contribution in [-0.2, 0) is 4.79 Å². The number of nitrogens with zero attached hydrogens (tertiary/aromatic N) is 1. The fourth-order valence-corrected chi connectivity index (χ4v) is 4.72. The van der Waals surface area contributed by atoms with Gasteiger partial charge in [-0.05, 0) is 64.0 Å². The van der Waals surface area contributed by atoms with Crippen LogP contribution in [0.15, 0.2) is 24.3 Å². The summed E-state index contributed by atoms with van der Waals surface area (Å²) in [6.45, 7) is 9.93. The summed E-state index contributed by atoms with van der Waals surface area (Å²) in [7, 11) is 1.95. The maximum absolute atomic E-state index is 12.5. The molecule has 0 bridgehead atoms. The van der Waals surface area contributed by atoms with Crippen molar-refractivity contribution in [2.45, 2.75) is 111 Å². The lowest BCUT2D eigenvalue weighted by Gasteiger charge is -2.34. The van der Waals surface area contributed by atoms with Gasteiger partial charge in [0.25, 0.3) is 5.91 Å². The van der Waals surface area contributed by atoms with E-state index in [0.717, 1.165) is 24.3 Å². The van der Waals surface area contributed by atoms with Gasteiger partial charge in [-0.1, -0.05) is 76.5 Å². The largest absolute Gasteiger partial charge is 0.339 e. The predicted molar refractivity (Wildman–Crippen MR) is 133 cm³/mol. The molecule has 0 N–H and O–H groups in total. The number of aryl methyl sites for hydroxylation is 1. The van der Waals surface area contributed by atoms with Gasteiger partial charge < -0.3 is 9.69 Å². The van der Waals surface area contributed by atoms with E-state index in [9.17, 15) is 9.59 Å². The van der Waals surface area contributed by atoms with Gasteiger partial charge in [0.2, 0.25) is 0 Å². The number of hydrogen-bond donors (Lipinski definition) is 0. The fourth-order valence-electron chi connectivity index (χ4n) is 4.72. The summed E-state index contributed by atoms with van der Waals surface area (Å²) < 4.78 is 0. The first-order valence-corrected chi connectivity index (χ1v) is 12.7. The number of amides is 1. The molecule has 3 nitrogen and oxygen atoms in total. The molecule has 0 saturated heterocycles. The van der Waals surface area contributed by atoms with E-state index in [1.54, 1.807) is 6.92 Å². The first-order chi connectivity index (χ1) is 14.9. The van der Waals surface area contributed by atoms with Crippen LogP contribution in [0.25, 0.3) is 0 Å². The molecule has 1 aromatic rings. The Morgan fingerprint density at radius 3 is 1.97 bits per heavy atom. The van der Waals surface area contributed by atoms with E-state index in [1.165, 1.54) is 63.4 Å². The summed E-state index contributed by atoms with van der Waals surface area (Å²) in [6, 6.07) is 8.22. The molecule has 0 aromatic heterocycles. The van der Waals surface area contributed by atoms with Crippen molar-refractivity contribution in [3.8, 4) is 0 Å². The summed E-state index contributed by atoms with van der Waals surface area (Å²) in [5, 5.41) is 0. The van der Waals surface area contributed by atoms with Gasteiger partial charge >= 0.3 is 0 Å². The number of Topliss-reactive ketones (excluding diaryl/α,β-unsaturated/α-hetero) is 1. The van der Waals surface area contributed by atoms with E-state index in [0.29, 0.717) is 17.7 Å². The third-order valence-corrected chi connectivity index (χ3v) is 6.94. The zero-order valence-corrected chi connectivity index (χ0v) is 21.1. The minimum atomic E-state index is 0.151. The summed E-state index contributed by atoms with van der Waals surface area (Å²) >= 11 is 0. The molecule has 3 rings (SSSR count). The van der Waals surface area contributed by atoms with Crippen LogP contribution in [0.3, 0.4) is 0 Å². The Morgan fingerprint density at radius 1 is 0.935 bits per heavy atom. The molecule has 0 radical (unpaired) electrons. The second-order valence-electron chi connectivity index (χ2n) is 9.31.